The minimum absolute atomic E-state index is 0.106. The molecule has 4 amide bonds. The van der Waals surface area contributed by atoms with Gasteiger partial charge in [0.1, 0.15) is 17.2 Å². The molecule has 2 aromatic heterocycles. The van der Waals surface area contributed by atoms with Gasteiger partial charge >= 0.3 is 12.4 Å². The molecule has 2 N–H and O–H groups in total. The predicted molar refractivity (Wildman–Crippen MR) is 206 cm³/mol. The van der Waals surface area contributed by atoms with E-state index in [1.165, 1.54) is 49.6 Å². The first-order valence-electron chi connectivity index (χ1n) is 18.3. The summed E-state index contributed by atoms with van der Waals surface area (Å²) < 4.78 is 87.0. The number of anilines is 2. The highest BCUT2D eigenvalue weighted by atomic mass is 35.5. The topological polar surface area (TPSA) is 145 Å². The van der Waals surface area contributed by atoms with Gasteiger partial charge in [0.15, 0.2) is 11.6 Å². The first-order chi connectivity index (χ1) is 28.7. The molecule has 6 unspecified atom stereocenters. The van der Waals surface area contributed by atoms with Crippen molar-refractivity contribution in [1.82, 2.24) is 20.0 Å². The molecule has 1 saturated carbocycles. The second-order valence-electron chi connectivity index (χ2n) is 14.9. The lowest BCUT2D eigenvalue weighted by Crippen LogP contribution is -2.53. The molecule has 61 heavy (non-hydrogen) atoms. The standard InChI is InChI=1S/C40H29Cl3F6N6O6/c1-53(33-26(42)11-12-29(51-33)40(47,48)49)55-34(57)23-10-9-21-24(30(23)36(55)59)15-25-35(58)54(52-32-27(43)13-18(16-50-32)39(44,45)46)37(60)38(25,17-3-5-19(41)6-4-17)31(21)22-8-7-20(61-2)14-28(22)56/h3-9,11-14,16,23-25,30-31,56H,10,15H2,1-2H3,(H,50,52). The highest BCUT2D eigenvalue weighted by molar-refractivity contribution is 6.33. The quantitative estimate of drug-likeness (QED) is 0.106. The number of ether oxygens (including phenoxy) is 1. The number of alkyl halides is 6. The van der Waals surface area contributed by atoms with Crippen LogP contribution in [0.2, 0.25) is 15.1 Å². The number of carbonyl (C=O) groups excluding carboxylic acids is 4. The Labute approximate surface area is 356 Å². The fourth-order valence-electron chi connectivity index (χ4n) is 9.21. The van der Waals surface area contributed by atoms with Gasteiger partial charge in [-0.25, -0.2) is 9.97 Å². The van der Waals surface area contributed by atoms with E-state index in [-0.39, 0.29) is 45.5 Å². The highest BCUT2D eigenvalue weighted by Gasteiger charge is 2.71. The molecule has 0 bridgehead atoms. The van der Waals surface area contributed by atoms with Crippen LogP contribution in [0.4, 0.5) is 38.0 Å². The van der Waals surface area contributed by atoms with Gasteiger partial charge < -0.3 is 9.84 Å². The van der Waals surface area contributed by atoms with Crippen LogP contribution in [-0.2, 0) is 36.9 Å². The average Bonchev–Trinajstić information content (AvgIpc) is 3.58. The summed E-state index contributed by atoms with van der Waals surface area (Å²) in [6, 6.07) is 12.4. The maximum absolute atomic E-state index is 15.4. The van der Waals surface area contributed by atoms with Crippen LogP contribution in [0.25, 0.3) is 0 Å². The summed E-state index contributed by atoms with van der Waals surface area (Å²) in [5, 5.41) is 13.2. The van der Waals surface area contributed by atoms with Crippen molar-refractivity contribution in [2.75, 3.05) is 24.6 Å². The molecule has 2 saturated heterocycles. The molecule has 6 atom stereocenters. The van der Waals surface area contributed by atoms with E-state index in [0.29, 0.717) is 33.9 Å². The van der Waals surface area contributed by atoms with E-state index in [1.807, 2.05) is 0 Å². The molecule has 2 aromatic carbocycles. The van der Waals surface area contributed by atoms with Crippen molar-refractivity contribution in [2.24, 2.45) is 23.7 Å². The number of carbonyl (C=O) groups is 4. The van der Waals surface area contributed by atoms with Gasteiger partial charge in [0, 0.05) is 35.8 Å². The minimum atomic E-state index is -4.89. The Morgan fingerprint density at radius 2 is 1.59 bits per heavy atom. The molecule has 0 spiro atoms. The zero-order valence-electron chi connectivity index (χ0n) is 31.4. The number of phenols is 1. The largest absolute Gasteiger partial charge is 0.508 e. The van der Waals surface area contributed by atoms with E-state index in [4.69, 9.17) is 39.5 Å². The number of hydrogen-bond donors (Lipinski definition) is 2. The highest BCUT2D eigenvalue weighted by Crippen LogP contribution is 2.65. The van der Waals surface area contributed by atoms with E-state index in [1.54, 1.807) is 6.08 Å². The number of hydrogen-bond acceptors (Lipinski definition) is 10. The Kier molecular flexibility index (Phi) is 10.2. The van der Waals surface area contributed by atoms with E-state index in [2.05, 4.69) is 15.4 Å². The van der Waals surface area contributed by atoms with Gasteiger partial charge in [0.05, 0.1) is 45.9 Å². The first kappa shape index (κ1) is 42.1. The Bertz CT molecular complexity index is 2560. The smallest absolute Gasteiger partial charge is 0.433 e. The number of halogens is 9. The number of aromatic nitrogens is 2. The van der Waals surface area contributed by atoms with E-state index < -0.39 is 98.9 Å². The van der Waals surface area contributed by atoms with Crippen molar-refractivity contribution in [3.05, 3.63) is 116 Å². The average molecular weight is 910 g/mol. The number of aromatic hydroxyl groups is 1. The van der Waals surface area contributed by atoms with Crippen LogP contribution in [0.5, 0.6) is 11.5 Å². The van der Waals surface area contributed by atoms with Gasteiger partial charge in [-0.3, -0.25) is 29.6 Å². The van der Waals surface area contributed by atoms with Crippen molar-refractivity contribution < 1.29 is 55.4 Å². The summed E-state index contributed by atoms with van der Waals surface area (Å²) in [7, 11) is 2.51. The lowest BCUT2D eigenvalue weighted by Gasteiger charge is -2.50. The molecule has 2 aliphatic heterocycles. The Hall–Kier alpha value is -5.59. The summed E-state index contributed by atoms with van der Waals surface area (Å²) in [6.45, 7) is 0. The monoisotopic (exact) mass is 908 g/mol. The van der Waals surface area contributed by atoms with Crippen LogP contribution in [0, 0.1) is 23.7 Å². The fourth-order valence-corrected chi connectivity index (χ4v) is 9.77. The van der Waals surface area contributed by atoms with Crippen molar-refractivity contribution >= 4 is 70.1 Å². The molecular formula is C40H29Cl3F6N6O6. The molecule has 4 aliphatic rings. The zero-order valence-corrected chi connectivity index (χ0v) is 33.6. The molecule has 3 fully saturated rings. The number of fused-ring (bicyclic) bond motifs is 4. The number of amides is 4. The lowest BCUT2D eigenvalue weighted by atomic mass is 9.49. The summed E-state index contributed by atoms with van der Waals surface area (Å²) >= 11 is 18.8. The third kappa shape index (κ3) is 6.61. The van der Waals surface area contributed by atoms with Crippen molar-refractivity contribution in [2.45, 2.75) is 36.5 Å². The third-order valence-corrected chi connectivity index (χ3v) is 12.6. The molecule has 4 heterocycles. The van der Waals surface area contributed by atoms with Crippen LogP contribution < -0.4 is 15.2 Å². The van der Waals surface area contributed by atoms with Crippen LogP contribution in [0.3, 0.4) is 0 Å². The number of methoxy groups -OCH3 is 1. The zero-order chi connectivity index (χ0) is 44.1. The van der Waals surface area contributed by atoms with Gasteiger partial charge in [-0.1, -0.05) is 64.7 Å². The van der Waals surface area contributed by atoms with Gasteiger partial charge in [0.2, 0.25) is 0 Å². The molecule has 4 aromatic rings. The van der Waals surface area contributed by atoms with Crippen LogP contribution >= 0.6 is 34.8 Å². The molecule has 318 valence electrons. The predicted octanol–water partition coefficient (Wildman–Crippen LogP) is 8.22. The van der Waals surface area contributed by atoms with Crippen molar-refractivity contribution in [3.63, 3.8) is 0 Å². The fraction of sp³-hybridized carbons (Fsp3) is 0.300. The number of pyridine rings is 2. The number of allylic oxidation sites excluding steroid dienone is 2. The van der Waals surface area contributed by atoms with E-state index >= 15 is 4.79 Å². The van der Waals surface area contributed by atoms with E-state index in [0.717, 1.165) is 18.1 Å². The minimum Gasteiger partial charge on any atom is -0.508 e. The van der Waals surface area contributed by atoms with Crippen molar-refractivity contribution in [1.29, 1.82) is 0 Å². The summed E-state index contributed by atoms with van der Waals surface area (Å²) in [5.41, 5.74) is -1.26. The number of hydrazine groups is 2. The molecule has 2 aliphatic carbocycles. The second kappa shape index (κ2) is 14.8. The third-order valence-electron chi connectivity index (χ3n) is 11.8. The molecular weight excluding hydrogens is 881 g/mol. The van der Waals surface area contributed by atoms with Gasteiger partial charge in [-0.05, 0) is 60.7 Å². The SMILES string of the molecule is COc1ccc(C2C3=CCC4C(=O)N(N(C)c5nc(C(F)(F)F)ccc5Cl)C(=O)C4C3CC3C(=O)N(Nc4ncc(C(F)(F)F)cc4Cl)C(=O)C32c2ccc(Cl)cc2)c(O)c1. The number of nitrogens with zero attached hydrogens (tertiary/aromatic N) is 5. The molecule has 12 nitrogen and oxygen atoms in total. The van der Waals surface area contributed by atoms with E-state index in [9.17, 15) is 45.8 Å². The normalized spacial score (nSPS) is 25.0. The Balaban J connectivity index is 1.29. The lowest BCUT2D eigenvalue weighted by molar-refractivity contribution is -0.142. The number of benzene rings is 2. The van der Waals surface area contributed by atoms with Crippen LogP contribution in [-0.4, -0.2) is 62.9 Å². The number of rotatable bonds is 7. The van der Waals surface area contributed by atoms with Gasteiger partial charge in [0.25, 0.3) is 23.6 Å². The number of phenolic OH excluding ortho intramolecular Hbond substituents is 1. The second-order valence-corrected chi connectivity index (χ2v) is 16.1. The maximum Gasteiger partial charge on any atom is 0.433 e. The van der Waals surface area contributed by atoms with Gasteiger partial charge in [-0.15, -0.1) is 0 Å². The first-order valence-corrected chi connectivity index (χ1v) is 19.4. The number of nitrogens with one attached hydrogen (secondary N) is 1. The summed E-state index contributed by atoms with van der Waals surface area (Å²) in [6.07, 6.45) is -7.99. The maximum atomic E-state index is 15.4. The Morgan fingerprint density at radius 1 is 0.885 bits per heavy atom. The Morgan fingerprint density at radius 3 is 2.21 bits per heavy atom. The van der Waals surface area contributed by atoms with Crippen molar-refractivity contribution in [3.8, 4) is 11.5 Å². The van der Waals surface area contributed by atoms with Crippen LogP contribution in [0.1, 0.15) is 41.1 Å². The van der Waals surface area contributed by atoms with Crippen LogP contribution in [0.15, 0.2) is 78.5 Å². The molecule has 21 heteroatoms. The number of imide groups is 2. The molecule has 0 radical (unpaired) electrons. The van der Waals surface area contributed by atoms with Gasteiger partial charge in [-0.2, -0.15) is 36.4 Å². The summed E-state index contributed by atoms with van der Waals surface area (Å²) in [4.78, 5) is 66.5. The molecule has 8 rings (SSSR count). The summed E-state index contributed by atoms with van der Waals surface area (Å²) in [5.74, 6) is -10.7.